The molecule has 0 unspecified atom stereocenters. The maximum absolute atomic E-state index is 12.3. The molecule has 6 heteroatoms. The number of halogens is 1. The van der Waals surface area contributed by atoms with E-state index in [1.54, 1.807) is 30.3 Å². The number of nitrogens with zero attached hydrogens (tertiary/aromatic N) is 1. The van der Waals surface area contributed by atoms with E-state index in [-0.39, 0.29) is 42.8 Å². The van der Waals surface area contributed by atoms with Gasteiger partial charge in [0, 0.05) is 5.02 Å². The number of ether oxygens (including phenoxy) is 1. The Bertz CT molecular complexity index is 875. The van der Waals surface area contributed by atoms with Gasteiger partial charge in [-0.05, 0) is 36.1 Å². The molecule has 0 N–H and O–H groups in total. The Morgan fingerprint density at radius 1 is 1.04 bits per heavy atom. The molecule has 132 valence electrons. The number of fused-ring (bicyclic) bond motifs is 1. The summed E-state index contributed by atoms with van der Waals surface area (Å²) in [6.07, 6.45) is 0.704. The Labute approximate surface area is 155 Å². The van der Waals surface area contributed by atoms with Gasteiger partial charge in [0.2, 0.25) is 0 Å². The molecule has 1 fully saturated rings. The third-order valence-corrected chi connectivity index (χ3v) is 5.18. The Hall–Kier alpha value is -2.66. The quantitative estimate of drug-likeness (QED) is 0.599. The van der Waals surface area contributed by atoms with E-state index >= 15 is 0 Å². The third-order valence-electron chi connectivity index (χ3n) is 4.84. The molecular weight excluding hydrogens is 354 g/mol. The van der Waals surface area contributed by atoms with Gasteiger partial charge < -0.3 is 4.74 Å². The largest absolute Gasteiger partial charge is 0.464 e. The molecule has 1 heterocycles. The molecule has 1 saturated carbocycles. The maximum atomic E-state index is 12.3. The van der Waals surface area contributed by atoms with E-state index in [1.807, 2.05) is 18.2 Å². The minimum absolute atomic E-state index is 0.00392. The van der Waals surface area contributed by atoms with Crippen molar-refractivity contribution >= 4 is 29.4 Å². The summed E-state index contributed by atoms with van der Waals surface area (Å²) in [5, 5.41) is 0.652. The Balaban J connectivity index is 1.31. The fourth-order valence-corrected chi connectivity index (χ4v) is 3.64. The molecule has 2 atom stereocenters. The summed E-state index contributed by atoms with van der Waals surface area (Å²) in [7, 11) is 0. The van der Waals surface area contributed by atoms with Crippen molar-refractivity contribution < 1.29 is 19.1 Å². The second-order valence-electron chi connectivity index (χ2n) is 6.45. The van der Waals surface area contributed by atoms with Crippen LogP contribution in [-0.4, -0.2) is 35.8 Å². The number of hydrogen-bond acceptors (Lipinski definition) is 4. The van der Waals surface area contributed by atoms with Gasteiger partial charge >= 0.3 is 5.97 Å². The van der Waals surface area contributed by atoms with Crippen LogP contribution in [0.2, 0.25) is 5.02 Å². The lowest BCUT2D eigenvalue weighted by Crippen LogP contribution is -2.33. The van der Waals surface area contributed by atoms with Crippen LogP contribution < -0.4 is 0 Å². The Morgan fingerprint density at radius 2 is 1.65 bits per heavy atom. The van der Waals surface area contributed by atoms with Crippen molar-refractivity contribution in [3.05, 3.63) is 70.2 Å². The van der Waals surface area contributed by atoms with E-state index in [2.05, 4.69) is 0 Å². The molecule has 0 bridgehead atoms. The zero-order chi connectivity index (χ0) is 18.3. The molecule has 4 rings (SSSR count). The lowest BCUT2D eigenvalue weighted by molar-refractivity contribution is -0.145. The number of hydrogen-bond donors (Lipinski definition) is 0. The number of esters is 1. The van der Waals surface area contributed by atoms with E-state index < -0.39 is 0 Å². The minimum Gasteiger partial charge on any atom is -0.464 e. The summed E-state index contributed by atoms with van der Waals surface area (Å²) in [4.78, 5) is 37.8. The first-order chi connectivity index (χ1) is 12.6. The number of benzene rings is 2. The van der Waals surface area contributed by atoms with Crippen molar-refractivity contribution in [2.45, 2.75) is 12.3 Å². The van der Waals surface area contributed by atoms with Crippen LogP contribution >= 0.6 is 11.6 Å². The van der Waals surface area contributed by atoms with Crippen LogP contribution in [0.15, 0.2) is 48.5 Å². The molecule has 2 aliphatic rings. The molecule has 26 heavy (non-hydrogen) atoms. The van der Waals surface area contributed by atoms with Crippen molar-refractivity contribution in [1.29, 1.82) is 0 Å². The fraction of sp³-hybridized carbons (Fsp3) is 0.250. The molecule has 1 aliphatic heterocycles. The number of imide groups is 1. The van der Waals surface area contributed by atoms with Gasteiger partial charge in [0.1, 0.15) is 6.61 Å². The van der Waals surface area contributed by atoms with Crippen LogP contribution in [0.5, 0.6) is 0 Å². The van der Waals surface area contributed by atoms with Gasteiger partial charge in [-0.25, -0.2) is 0 Å². The standard InChI is InChI=1S/C20H16ClNO4/c21-17-8-4-3-5-12(17)15-11-16(15)20(25)26-10-9-22-18(23)13-6-1-2-7-14(13)19(22)24/h1-8,15-16H,9-11H2/t15-,16-/m1/s1. The number of amides is 2. The van der Waals surface area contributed by atoms with Gasteiger partial charge in [0.05, 0.1) is 23.6 Å². The third kappa shape index (κ3) is 2.88. The minimum atomic E-state index is -0.345. The van der Waals surface area contributed by atoms with Crippen LogP contribution in [0.3, 0.4) is 0 Å². The molecule has 0 radical (unpaired) electrons. The highest BCUT2D eigenvalue weighted by atomic mass is 35.5. The molecule has 2 aromatic rings. The van der Waals surface area contributed by atoms with Gasteiger partial charge in [-0.2, -0.15) is 0 Å². The first-order valence-electron chi connectivity index (χ1n) is 8.44. The lowest BCUT2D eigenvalue weighted by atomic mass is 10.1. The fourth-order valence-electron chi connectivity index (χ4n) is 3.36. The van der Waals surface area contributed by atoms with Gasteiger partial charge in [-0.15, -0.1) is 0 Å². The van der Waals surface area contributed by atoms with Crippen LogP contribution in [0.25, 0.3) is 0 Å². The Morgan fingerprint density at radius 3 is 2.31 bits per heavy atom. The molecule has 0 saturated heterocycles. The van der Waals surface area contributed by atoms with Crippen LogP contribution in [0.4, 0.5) is 0 Å². The summed E-state index contributed by atoms with van der Waals surface area (Å²) in [6.45, 7) is 0.0532. The highest BCUT2D eigenvalue weighted by Crippen LogP contribution is 2.50. The number of carbonyl (C=O) groups excluding carboxylic acids is 3. The summed E-state index contributed by atoms with van der Waals surface area (Å²) in [5.74, 6) is -1.14. The number of carbonyl (C=O) groups is 3. The zero-order valence-electron chi connectivity index (χ0n) is 13.9. The van der Waals surface area contributed by atoms with Gasteiger partial charge in [0.25, 0.3) is 11.8 Å². The van der Waals surface area contributed by atoms with Crippen LogP contribution in [0.1, 0.15) is 38.6 Å². The Kier molecular flexibility index (Phi) is 4.24. The van der Waals surface area contributed by atoms with E-state index in [0.29, 0.717) is 22.6 Å². The van der Waals surface area contributed by atoms with Gasteiger partial charge in [-0.3, -0.25) is 19.3 Å². The molecule has 5 nitrogen and oxygen atoms in total. The number of rotatable bonds is 5. The molecular formula is C20H16ClNO4. The van der Waals surface area contributed by atoms with E-state index in [1.165, 1.54) is 0 Å². The summed E-state index contributed by atoms with van der Waals surface area (Å²) in [5.41, 5.74) is 1.74. The SMILES string of the molecule is O=C(OCCN1C(=O)c2ccccc2C1=O)[C@@H]1C[C@@H]1c1ccccc1Cl. The summed E-state index contributed by atoms with van der Waals surface area (Å²) < 4.78 is 5.29. The van der Waals surface area contributed by atoms with Gasteiger partial charge in [0.15, 0.2) is 0 Å². The predicted octanol–water partition coefficient (Wildman–Crippen LogP) is 3.28. The average molecular weight is 370 g/mol. The smallest absolute Gasteiger partial charge is 0.309 e. The highest BCUT2D eigenvalue weighted by molar-refractivity contribution is 6.31. The second kappa shape index (κ2) is 6.57. The predicted molar refractivity (Wildman–Crippen MR) is 95.1 cm³/mol. The van der Waals surface area contributed by atoms with Crippen LogP contribution in [0, 0.1) is 5.92 Å². The van der Waals surface area contributed by atoms with E-state index in [4.69, 9.17) is 16.3 Å². The van der Waals surface area contributed by atoms with E-state index in [0.717, 1.165) is 10.5 Å². The maximum Gasteiger partial charge on any atom is 0.309 e. The van der Waals surface area contributed by atoms with Crippen molar-refractivity contribution in [1.82, 2.24) is 4.90 Å². The van der Waals surface area contributed by atoms with Crippen molar-refractivity contribution in [2.24, 2.45) is 5.92 Å². The summed E-state index contributed by atoms with van der Waals surface area (Å²) in [6, 6.07) is 14.2. The first kappa shape index (κ1) is 16.8. The van der Waals surface area contributed by atoms with Crippen LogP contribution in [-0.2, 0) is 9.53 Å². The van der Waals surface area contributed by atoms with Gasteiger partial charge in [-0.1, -0.05) is 41.9 Å². The lowest BCUT2D eigenvalue weighted by Gasteiger charge is -2.13. The normalized spacial score (nSPS) is 20.9. The van der Waals surface area contributed by atoms with Crippen molar-refractivity contribution in [2.75, 3.05) is 13.2 Å². The monoisotopic (exact) mass is 369 g/mol. The molecule has 2 amide bonds. The molecule has 1 aliphatic carbocycles. The average Bonchev–Trinajstić information content (AvgIpc) is 3.41. The summed E-state index contributed by atoms with van der Waals surface area (Å²) >= 11 is 6.16. The topological polar surface area (TPSA) is 63.7 Å². The first-order valence-corrected chi connectivity index (χ1v) is 8.82. The van der Waals surface area contributed by atoms with Crippen molar-refractivity contribution in [3.8, 4) is 0 Å². The molecule has 0 spiro atoms. The van der Waals surface area contributed by atoms with E-state index in [9.17, 15) is 14.4 Å². The molecule has 2 aromatic carbocycles. The zero-order valence-corrected chi connectivity index (χ0v) is 14.6. The second-order valence-corrected chi connectivity index (χ2v) is 6.85. The van der Waals surface area contributed by atoms with Crippen molar-refractivity contribution in [3.63, 3.8) is 0 Å². The highest BCUT2D eigenvalue weighted by Gasteiger charge is 2.46. The molecule has 0 aromatic heterocycles.